The van der Waals surface area contributed by atoms with E-state index in [0.717, 1.165) is 28.5 Å². The van der Waals surface area contributed by atoms with Gasteiger partial charge in [0.1, 0.15) is 4.88 Å². The van der Waals surface area contributed by atoms with Crippen molar-refractivity contribution in [2.45, 2.75) is 38.4 Å². The number of thiophene rings is 1. The van der Waals surface area contributed by atoms with E-state index in [4.69, 9.17) is 4.74 Å². The third-order valence-corrected chi connectivity index (χ3v) is 4.86. The van der Waals surface area contributed by atoms with Gasteiger partial charge in [0.05, 0.1) is 12.7 Å². The minimum atomic E-state index is -0.855. The quantitative estimate of drug-likeness (QED) is 0.916. The number of carbonyl (C=O) groups is 1. The highest BCUT2D eigenvalue weighted by Gasteiger charge is 2.20. The van der Waals surface area contributed by atoms with Crippen molar-refractivity contribution < 1.29 is 14.6 Å². The lowest BCUT2D eigenvalue weighted by atomic mass is 10.1. The highest BCUT2D eigenvalue weighted by atomic mass is 32.1. The lowest BCUT2D eigenvalue weighted by Crippen LogP contribution is -2.08. The maximum absolute atomic E-state index is 11.3. The van der Waals surface area contributed by atoms with E-state index in [1.54, 1.807) is 0 Å². The van der Waals surface area contributed by atoms with Gasteiger partial charge in [-0.2, -0.15) is 0 Å². The molecule has 0 radical (unpaired) electrons. The monoisotopic (exact) mass is 276 g/mol. The first-order chi connectivity index (χ1) is 9.25. The number of fused-ring (bicyclic) bond motifs is 1. The minimum Gasteiger partial charge on any atom is -0.477 e. The molecule has 1 saturated carbocycles. The number of rotatable bonds is 4. The molecule has 0 saturated heterocycles. The molecule has 1 aromatic carbocycles. The molecule has 0 atom stereocenters. The van der Waals surface area contributed by atoms with Crippen molar-refractivity contribution in [3.8, 4) is 0 Å². The first-order valence-electron chi connectivity index (χ1n) is 6.61. The standard InChI is InChI=1S/C15H16O3S/c16-15(17)14-12(9-18-10-5-1-2-6-10)11-7-3-4-8-13(11)19-14/h3-4,7-8,10H,1-2,5-6,9H2,(H,16,17). The second-order valence-electron chi connectivity index (χ2n) is 4.93. The molecule has 3 nitrogen and oxygen atoms in total. The van der Waals surface area contributed by atoms with E-state index in [1.165, 1.54) is 24.2 Å². The van der Waals surface area contributed by atoms with Crippen LogP contribution in [0.1, 0.15) is 40.9 Å². The third kappa shape index (κ3) is 2.51. The summed E-state index contributed by atoms with van der Waals surface area (Å²) in [6.07, 6.45) is 4.96. The molecule has 4 heteroatoms. The predicted molar refractivity (Wildman–Crippen MR) is 75.8 cm³/mol. The number of benzene rings is 1. The summed E-state index contributed by atoms with van der Waals surface area (Å²) in [6, 6.07) is 7.82. The van der Waals surface area contributed by atoms with Crippen LogP contribution in [-0.2, 0) is 11.3 Å². The molecule has 3 rings (SSSR count). The molecule has 1 aliphatic rings. The van der Waals surface area contributed by atoms with Gasteiger partial charge in [-0.25, -0.2) is 4.79 Å². The number of ether oxygens (including phenoxy) is 1. The van der Waals surface area contributed by atoms with Crippen LogP contribution in [0.25, 0.3) is 10.1 Å². The van der Waals surface area contributed by atoms with E-state index >= 15 is 0 Å². The summed E-state index contributed by atoms with van der Waals surface area (Å²) in [7, 11) is 0. The van der Waals surface area contributed by atoms with Crippen molar-refractivity contribution in [3.05, 3.63) is 34.7 Å². The van der Waals surface area contributed by atoms with Gasteiger partial charge in [-0.05, 0) is 24.3 Å². The molecule has 0 unspecified atom stereocenters. The Morgan fingerprint density at radius 2 is 2.05 bits per heavy atom. The molecule has 0 aliphatic heterocycles. The van der Waals surface area contributed by atoms with Crippen LogP contribution < -0.4 is 0 Å². The fourth-order valence-corrected chi connectivity index (χ4v) is 3.72. The maximum Gasteiger partial charge on any atom is 0.346 e. The van der Waals surface area contributed by atoms with Crippen LogP contribution in [0.3, 0.4) is 0 Å². The van der Waals surface area contributed by atoms with Gasteiger partial charge in [-0.3, -0.25) is 0 Å². The Morgan fingerprint density at radius 1 is 1.32 bits per heavy atom. The van der Waals surface area contributed by atoms with Gasteiger partial charge in [0.15, 0.2) is 0 Å². The SMILES string of the molecule is O=C(O)c1sc2ccccc2c1COC1CCCC1. The van der Waals surface area contributed by atoms with Crippen molar-refractivity contribution in [2.24, 2.45) is 0 Å². The summed E-state index contributed by atoms with van der Waals surface area (Å²) in [4.78, 5) is 11.8. The van der Waals surface area contributed by atoms with Crippen LogP contribution >= 0.6 is 11.3 Å². The Kier molecular flexibility index (Phi) is 3.53. The van der Waals surface area contributed by atoms with E-state index in [0.29, 0.717) is 17.6 Å². The van der Waals surface area contributed by atoms with Crippen LogP contribution in [0.5, 0.6) is 0 Å². The maximum atomic E-state index is 11.3. The van der Waals surface area contributed by atoms with Gasteiger partial charge in [-0.15, -0.1) is 11.3 Å². The van der Waals surface area contributed by atoms with Gasteiger partial charge in [0.2, 0.25) is 0 Å². The van der Waals surface area contributed by atoms with Gasteiger partial charge in [0.25, 0.3) is 0 Å². The summed E-state index contributed by atoms with van der Waals surface area (Å²) in [5.41, 5.74) is 0.833. The van der Waals surface area contributed by atoms with Gasteiger partial charge < -0.3 is 9.84 Å². The second-order valence-corrected chi connectivity index (χ2v) is 5.98. The topological polar surface area (TPSA) is 46.5 Å². The second kappa shape index (κ2) is 5.31. The molecule has 0 amide bonds. The molecule has 0 spiro atoms. The molecule has 1 heterocycles. The van der Waals surface area contributed by atoms with Gasteiger partial charge in [-0.1, -0.05) is 31.0 Å². The molecule has 2 aromatic rings. The Hall–Kier alpha value is -1.39. The molecule has 1 aliphatic carbocycles. The van der Waals surface area contributed by atoms with Crippen LogP contribution in [-0.4, -0.2) is 17.2 Å². The first kappa shape index (κ1) is 12.6. The number of hydrogen-bond donors (Lipinski definition) is 1. The lowest BCUT2D eigenvalue weighted by Gasteiger charge is -2.11. The Balaban J connectivity index is 1.90. The first-order valence-corrected chi connectivity index (χ1v) is 7.42. The Morgan fingerprint density at radius 3 is 2.79 bits per heavy atom. The van der Waals surface area contributed by atoms with Crippen LogP contribution in [0, 0.1) is 0 Å². The number of carboxylic acids is 1. The van der Waals surface area contributed by atoms with Crippen molar-refractivity contribution in [2.75, 3.05) is 0 Å². The van der Waals surface area contributed by atoms with Crippen LogP contribution in [0.15, 0.2) is 24.3 Å². The van der Waals surface area contributed by atoms with Gasteiger partial charge >= 0.3 is 5.97 Å². The molecule has 1 fully saturated rings. The van der Waals surface area contributed by atoms with Crippen molar-refractivity contribution in [3.63, 3.8) is 0 Å². The molecule has 19 heavy (non-hydrogen) atoms. The van der Waals surface area contributed by atoms with E-state index < -0.39 is 5.97 Å². The molecule has 100 valence electrons. The zero-order chi connectivity index (χ0) is 13.2. The molecule has 1 N–H and O–H groups in total. The Bertz CT molecular complexity index is 596. The van der Waals surface area contributed by atoms with Crippen molar-refractivity contribution in [1.29, 1.82) is 0 Å². The van der Waals surface area contributed by atoms with E-state index in [-0.39, 0.29) is 0 Å². The normalized spacial score (nSPS) is 16.2. The minimum absolute atomic E-state index is 0.306. The zero-order valence-electron chi connectivity index (χ0n) is 10.6. The Labute approximate surface area is 115 Å². The molecular formula is C15H16O3S. The summed E-state index contributed by atoms with van der Waals surface area (Å²) in [5.74, 6) is -0.855. The smallest absolute Gasteiger partial charge is 0.346 e. The fourth-order valence-electron chi connectivity index (χ4n) is 2.67. The van der Waals surface area contributed by atoms with Gasteiger partial charge in [0, 0.05) is 10.3 Å². The average Bonchev–Trinajstić information content (AvgIpc) is 3.03. The number of hydrogen-bond acceptors (Lipinski definition) is 3. The average molecular weight is 276 g/mol. The highest BCUT2D eigenvalue weighted by molar-refractivity contribution is 7.21. The summed E-state index contributed by atoms with van der Waals surface area (Å²) in [5, 5.41) is 10.3. The molecule has 0 bridgehead atoms. The summed E-state index contributed by atoms with van der Waals surface area (Å²) in [6.45, 7) is 0.413. The predicted octanol–water partition coefficient (Wildman–Crippen LogP) is 4.06. The summed E-state index contributed by atoms with van der Waals surface area (Å²) >= 11 is 1.33. The van der Waals surface area contributed by atoms with Crippen molar-refractivity contribution in [1.82, 2.24) is 0 Å². The lowest BCUT2D eigenvalue weighted by molar-refractivity contribution is 0.0450. The third-order valence-electron chi connectivity index (χ3n) is 3.66. The number of carboxylic acid groups (broad SMARTS) is 1. The van der Waals surface area contributed by atoms with Crippen LogP contribution in [0.2, 0.25) is 0 Å². The zero-order valence-corrected chi connectivity index (χ0v) is 11.4. The molecular weight excluding hydrogens is 260 g/mol. The van der Waals surface area contributed by atoms with E-state index in [2.05, 4.69) is 0 Å². The fraction of sp³-hybridized carbons (Fsp3) is 0.400. The highest BCUT2D eigenvalue weighted by Crippen LogP contribution is 2.33. The van der Waals surface area contributed by atoms with E-state index in [9.17, 15) is 9.90 Å². The van der Waals surface area contributed by atoms with Crippen LogP contribution in [0.4, 0.5) is 0 Å². The molecule has 1 aromatic heterocycles. The summed E-state index contributed by atoms with van der Waals surface area (Å²) < 4.78 is 6.91. The van der Waals surface area contributed by atoms with Crippen molar-refractivity contribution >= 4 is 27.4 Å². The number of aromatic carboxylic acids is 1. The van der Waals surface area contributed by atoms with E-state index in [1.807, 2.05) is 24.3 Å². The largest absolute Gasteiger partial charge is 0.477 e.